The van der Waals surface area contributed by atoms with E-state index in [2.05, 4.69) is 90.4 Å². The minimum absolute atomic E-state index is 0.0463. The predicted molar refractivity (Wildman–Crippen MR) is 198 cm³/mol. The summed E-state index contributed by atoms with van der Waals surface area (Å²) >= 11 is 0. The Morgan fingerprint density at radius 2 is 1.53 bits per heavy atom. The minimum Gasteiger partial charge on any atom is -0.400 e. The Labute approximate surface area is 287 Å². The first kappa shape index (κ1) is 50.6. The number of amides is 3. The SMILES string of the molecule is C=CC.CC(C)(C)CC(=O)N1CCC(O)C1.CC/C(C)=C(\C)c1ccc(CNC=O)cc1.CCCCCCCCC=O.CO.NC=O. The molecule has 1 fully saturated rings. The molecule has 0 saturated carbocycles. The van der Waals surface area contributed by atoms with E-state index in [-0.39, 0.29) is 23.8 Å². The van der Waals surface area contributed by atoms with Crippen molar-refractivity contribution in [3.8, 4) is 0 Å². The normalized spacial score (nSPS) is 13.3. The average molecular weight is 664 g/mol. The Kier molecular flexibility index (Phi) is 38.2. The van der Waals surface area contributed by atoms with Gasteiger partial charge in [0.05, 0.1) is 6.10 Å². The van der Waals surface area contributed by atoms with Crippen LogP contribution in [0.1, 0.15) is 131 Å². The van der Waals surface area contributed by atoms with E-state index in [0.29, 0.717) is 19.5 Å². The molecule has 1 heterocycles. The van der Waals surface area contributed by atoms with Crippen molar-refractivity contribution in [1.29, 1.82) is 0 Å². The van der Waals surface area contributed by atoms with Crippen LogP contribution < -0.4 is 11.1 Å². The smallest absolute Gasteiger partial charge is 0.223 e. The van der Waals surface area contributed by atoms with Crippen molar-refractivity contribution >= 4 is 30.6 Å². The molecule has 3 amide bonds. The summed E-state index contributed by atoms with van der Waals surface area (Å²) in [6.45, 7) is 21.9. The monoisotopic (exact) mass is 664 g/mol. The molecule has 2 rings (SSSR count). The van der Waals surface area contributed by atoms with Crippen LogP contribution in [0.3, 0.4) is 0 Å². The molecule has 1 aromatic carbocycles. The highest BCUT2D eigenvalue weighted by Crippen LogP contribution is 2.22. The molecule has 1 unspecified atom stereocenters. The van der Waals surface area contributed by atoms with E-state index in [1.807, 2.05) is 6.92 Å². The number of carbonyl (C=O) groups excluding carboxylic acids is 4. The van der Waals surface area contributed by atoms with Gasteiger partial charge in [0.2, 0.25) is 18.7 Å². The van der Waals surface area contributed by atoms with Crippen LogP contribution >= 0.6 is 0 Å². The number of nitrogens with zero attached hydrogens (tertiary/aromatic N) is 1. The van der Waals surface area contributed by atoms with Crippen LogP contribution in [0.2, 0.25) is 0 Å². The third-order valence-electron chi connectivity index (χ3n) is 6.82. The second kappa shape index (κ2) is 35.6. The number of aliphatic hydroxyl groups is 2. The number of nitrogens with one attached hydrogen (secondary N) is 1. The van der Waals surface area contributed by atoms with Gasteiger partial charge in [-0.2, -0.15) is 0 Å². The fourth-order valence-corrected chi connectivity index (χ4v) is 4.09. The van der Waals surface area contributed by atoms with E-state index in [4.69, 9.17) is 9.90 Å². The number of likely N-dealkylation sites (tertiary alicyclic amines) is 1. The quantitative estimate of drug-likeness (QED) is 0.102. The molecule has 0 radical (unpaired) electrons. The number of hydrogen-bond donors (Lipinski definition) is 4. The van der Waals surface area contributed by atoms with Crippen LogP contribution in [0, 0.1) is 5.41 Å². The van der Waals surface area contributed by atoms with Crippen LogP contribution in [-0.2, 0) is 25.7 Å². The first-order valence-corrected chi connectivity index (χ1v) is 16.8. The standard InChI is InChI=1S/C14H19NO.C10H19NO2.C9H18O.C3H6.CH3NO.CH4O/c1-4-11(2)12(3)14-7-5-13(6-8-14)9-15-10-16;1-10(2,3)6-9(13)11-5-4-8(12)7-11;1-2-3-4-5-6-7-8-9-10;1-3-2;2-1-3;1-2/h5-8,10H,4,9H2,1-3H3,(H,15,16);8,12H,4-7H2,1-3H3;9H,2-8H2,1H3;3H,1H2,2H3;1H,(H2,2,3);2H,1H3/b12-11+;;;;;. The summed E-state index contributed by atoms with van der Waals surface area (Å²) in [7, 11) is 1.00. The lowest BCUT2D eigenvalue weighted by molar-refractivity contribution is -0.132. The van der Waals surface area contributed by atoms with Gasteiger partial charge in [-0.1, -0.05) is 103 Å². The zero-order chi connectivity index (χ0) is 37.1. The summed E-state index contributed by atoms with van der Waals surface area (Å²) in [5, 5.41) is 18.9. The molecule has 1 atom stereocenters. The zero-order valence-corrected chi connectivity index (χ0v) is 31.1. The van der Waals surface area contributed by atoms with Gasteiger partial charge in [0.25, 0.3) is 0 Å². The number of primary amides is 1. The molecule has 9 nitrogen and oxygen atoms in total. The molecule has 9 heteroatoms. The summed E-state index contributed by atoms with van der Waals surface area (Å²) in [6.07, 6.45) is 14.2. The van der Waals surface area contributed by atoms with E-state index in [1.54, 1.807) is 11.0 Å². The largest absolute Gasteiger partial charge is 0.400 e. The number of rotatable bonds is 13. The molecule has 0 spiro atoms. The number of unbranched alkanes of at least 4 members (excludes halogenated alkanes) is 6. The number of benzene rings is 1. The highest BCUT2D eigenvalue weighted by Gasteiger charge is 2.27. The van der Waals surface area contributed by atoms with Gasteiger partial charge in [0, 0.05) is 39.6 Å². The topological polar surface area (TPSA) is 150 Å². The number of β-amino-alcohol motifs (C(OH)–C–C–N with tert-alkyl or cyclic N) is 1. The van der Waals surface area contributed by atoms with E-state index in [1.165, 1.54) is 48.8 Å². The Morgan fingerprint density at radius 1 is 1.02 bits per heavy atom. The average Bonchev–Trinajstić information content (AvgIpc) is 3.49. The van der Waals surface area contributed by atoms with E-state index >= 15 is 0 Å². The number of nitrogens with two attached hydrogens (primary N) is 1. The van der Waals surface area contributed by atoms with Gasteiger partial charge in [0.1, 0.15) is 6.29 Å². The third kappa shape index (κ3) is 33.9. The molecule has 0 aliphatic carbocycles. The number of hydrogen-bond acceptors (Lipinski definition) is 6. The molecule has 1 aromatic rings. The van der Waals surface area contributed by atoms with Crippen LogP contribution in [0.4, 0.5) is 0 Å². The summed E-state index contributed by atoms with van der Waals surface area (Å²) in [6, 6.07) is 8.32. The molecule has 0 bridgehead atoms. The third-order valence-corrected chi connectivity index (χ3v) is 6.82. The first-order chi connectivity index (χ1) is 22.3. The van der Waals surface area contributed by atoms with Crippen molar-refractivity contribution in [1.82, 2.24) is 10.2 Å². The lowest BCUT2D eigenvalue weighted by Crippen LogP contribution is -2.32. The molecule has 272 valence electrons. The Morgan fingerprint density at radius 3 is 1.94 bits per heavy atom. The number of aldehydes is 1. The lowest BCUT2D eigenvalue weighted by Gasteiger charge is -2.22. The summed E-state index contributed by atoms with van der Waals surface area (Å²) in [5.41, 5.74) is 9.35. The van der Waals surface area contributed by atoms with Gasteiger partial charge in [0.15, 0.2) is 0 Å². The molecule has 0 aromatic heterocycles. The van der Waals surface area contributed by atoms with Gasteiger partial charge in [-0.05, 0) is 62.1 Å². The van der Waals surface area contributed by atoms with Crippen molar-refractivity contribution in [3.05, 3.63) is 53.6 Å². The first-order valence-electron chi connectivity index (χ1n) is 16.8. The fraction of sp³-hybridized carbons (Fsp3) is 0.632. The van der Waals surface area contributed by atoms with Gasteiger partial charge in [-0.15, -0.1) is 6.58 Å². The molecular formula is C38H69N3O6. The Bertz CT molecular complexity index is 934. The number of aliphatic hydroxyl groups excluding tert-OH is 2. The number of carbonyl (C=O) groups is 4. The minimum atomic E-state index is -0.302. The molecule has 1 aliphatic rings. The van der Waals surface area contributed by atoms with Crippen LogP contribution in [0.5, 0.6) is 0 Å². The highest BCUT2D eigenvalue weighted by molar-refractivity contribution is 5.77. The fourth-order valence-electron chi connectivity index (χ4n) is 4.09. The maximum absolute atomic E-state index is 11.6. The van der Waals surface area contributed by atoms with Gasteiger partial charge < -0.3 is 31.0 Å². The summed E-state index contributed by atoms with van der Waals surface area (Å²) in [4.78, 5) is 42.0. The molecule has 1 aliphatic heterocycles. The van der Waals surface area contributed by atoms with Crippen LogP contribution in [-0.4, -0.2) is 66.4 Å². The zero-order valence-electron chi connectivity index (χ0n) is 31.1. The molecular weight excluding hydrogens is 594 g/mol. The van der Waals surface area contributed by atoms with Crippen LogP contribution in [0.15, 0.2) is 42.5 Å². The van der Waals surface area contributed by atoms with E-state index < -0.39 is 0 Å². The second-order valence-corrected chi connectivity index (χ2v) is 12.2. The van der Waals surface area contributed by atoms with Crippen molar-refractivity contribution < 1.29 is 29.4 Å². The van der Waals surface area contributed by atoms with Crippen molar-refractivity contribution in [2.24, 2.45) is 11.1 Å². The molecule has 47 heavy (non-hydrogen) atoms. The Hall–Kier alpha value is -3.30. The van der Waals surface area contributed by atoms with Crippen molar-refractivity contribution in [3.63, 3.8) is 0 Å². The maximum atomic E-state index is 11.6. The lowest BCUT2D eigenvalue weighted by atomic mass is 9.92. The van der Waals surface area contributed by atoms with Gasteiger partial charge in [-0.25, -0.2) is 0 Å². The van der Waals surface area contributed by atoms with Crippen LogP contribution in [0.25, 0.3) is 5.57 Å². The van der Waals surface area contributed by atoms with Crippen molar-refractivity contribution in [2.75, 3.05) is 20.2 Å². The number of allylic oxidation sites excluding steroid dienone is 3. The summed E-state index contributed by atoms with van der Waals surface area (Å²) < 4.78 is 0. The van der Waals surface area contributed by atoms with E-state index in [9.17, 15) is 19.5 Å². The Balaban J connectivity index is -0.000000270. The van der Waals surface area contributed by atoms with Gasteiger partial charge >= 0.3 is 0 Å². The highest BCUT2D eigenvalue weighted by atomic mass is 16.3. The molecule has 5 N–H and O–H groups in total. The summed E-state index contributed by atoms with van der Waals surface area (Å²) in [5.74, 6) is 0.170. The van der Waals surface area contributed by atoms with Crippen molar-refractivity contribution in [2.45, 2.75) is 132 Å². The maximum Gasteiger partial charge on any atom is 0.223 e. The molecule has 1 saturated heterocycles. The predicted octanol–water partition coefficient (Wildman–Crippen LogP) is 6.99. The second-order valence-electron chi connectivity index (χ2n) is 12.2. The van der Waals surface area contributed by atoms with E-state index in [0.717, 1.165) is 57.6 Å². The van der Waals surface area contributed by atoms with Gasteiger partial charge in [-0.3, -0.25) is 14.4 Å².